The van der Waals surface area contributed by atoms with E-state index in [0.717, 1.165) is 19.6 Å². The molecule has 0 spiro atoms. The summed E-state index contributed by atoms with van der Waals surface area (Å²) in [6, 6.07) is 6.58. The second-order valence-electron chi connectivity index (χ2n) is 6.10. The van der Waals surface area contributed by atoms with Gasteiger partial charge in [-0.25, -0.2) is 13.1 Å². The molecule has 1 saturated heterocycles. The molecule has 1 fully saturated rings. The highest BCUT2D eigenvalue weighted by Crippen LogP contribution is 2.15. The Bertz CT molecular complexity index is 601. The number of ether oxygens (including phenoxy) is 1. The van der Waals surface area contributed by atoms with Crippen LogP contribution in [0.5, 0.6) is 0 Å². The van der Waals surface area contributed by atoms with Crippen molar-refractivity contribution in [1.29, 1.82) is 0 Å². The van der Waals surface area contributed by atoms with Gasteiger partial charge in [-0.2, -0.15) is 0 Å². The molecule has 5 nitrogen and oxygen atoms in total. The molecule has 0 unspecified atom stereocenters. The summed E-state index contributed by atoms with van der Waals surface area (Å²) in [5.41, 5.74) is 3.95. The second kappa shape index (κ2) is 7.55. The van der Waals surface area contributed by atoms with E-state index >= 15 is 0 Å². The zero-order chi connectivity index (χ0) is 16.2. The van der Waals surface area contributed by atoms with E-state index in [0.29, 0.717) is 19.6 Å². The van der Waals surface area contributed by atoms with Crippen LogP contribution in [0.3, 0.4) is 0 Å². The predicted molar refractivity (Wildman–Crippen MR) is 88.4 cm³/mol. The van der Waals surface area contributed by atoms with E-state index in [2.05, 4.69) is 41.7 Å². The number of morpholine rings is 1. The molecule has 0 aromatic heterocycles. The van der Waals surface area contributed by atoms with Crippen LogP contribution in [0.1, 0.15) is 23.1 Å². The molecule has 124 valence electrons. The molecule has 1 aromatic carbocycles. The number of nitrogens with one attached hydrogen (secondary N) is 1. The van der Waals surface area contributed by atoms with E-state index < -0.39 is 10.0 Å². The summed E-state index contributed by atoms with van der Waals surface area (Å²) in [5.74, 6) is 0. The Kier molecular flexibility index (Phi) is 5.97. The van der Waals surface area contributed by atoms with Crippen molar-refractivity contribution in [3.05, 3.63) is 34.9 Å². The molecule has 1 aliphatic rings. The lowest BCUT2D eigenvalue weighted by Crippen LogP contribution is -2.43. The predicted octanol–water partition coefficient (Wildman–Crippen LogP) is 1.44. The third-order valence-electron chi connectivity index (χ3n) is 4.03. The molecular formula is C16H26N2O3S. The molecule has 6 heteroatoms. The van der Waals surface area contributed by atoms with E-state index in [1.165, 1.54) is 22.9 Å². The van der Waals surface area contributed by atoms with Crippen LogP contribution >= 0.6 is 0 Å². The molecule has 0 aliphatic carbocycles. The number of rotatable bonds is 6. The quantitative estimate of drug-likeness (QED) is 0.859. The Morgan fingerprint density at radius 1 is 1.32 bits per heavy atom. The standard InChI is InChI=1S/C16H26N2O3S/c1-13-4-5-15(10-14(13)2)11-18-8-9-21-16(12-18)6-7-17-22(3,19)20/h4-5,10,16-17H,6-9,11-12H2,1-3H3/t16-/m1/s1. The van der Waals surface area contributed by atoms with Crippen molar-refractivity contribution >= 4 is 10.0 Å². The molecule has 1 aromatic rings. The van der Waals surface area contributed by atoms with Gasteiger partial charge in [0.05, 0.1) is 19.0 Å². The third kappa shape index (κ3) is 5.68. The van der Waals surface area contributed by atoms with Crippen LogP contribution in [-0.2, 0) is 21.3 Å². The SMILES string of the molecule is Cc1ccc(CN2CCO[C@H](CCNS(C)(=O)=O)C2)cc1C. The summed E-state index contributed by atoms with van der Waals surface area (Å²) in [6.45, 7) is 8.08. The van der Waals surface area contributed by atoms with Gasteiger partial charge in [-0.1, -0.05) is 18.2 Å². The first-order chi connectivity index (χ1) is 10.3. The fraction of sp³-hybridized carbons (Fsp3) is 0.625. The van der Waals surface area contributed by atoms with Crippen LogP contribution in [-0.4, -0.2) is 51.9 Å². The molecule has 0 radical (unpaired) electrons. The minimum absolute atomic E-state index is 0.0922. The van der Waals surface area contributed by atoms with Crippen LogP contribution in [0.4, 0.5) is 0 Å². The van der Waals surface area contributed by atoms with Gasteiger partial charge in [0.2, 0.25) is 10.0 Å². The number of hydrogen-bond donors (Lipinski definition) is 1. The molecule has 1 aliphatic heterocycles. The zero-order valence-corrected chi connectivity index (χ0v) is 14.4. The Morgan fingerprint density at radius 3 is 2.77 bits per heavy atom. The highest BCUT2D eigenvalue weighted by atomic mass is 32.2. The second-order valence-corrected chi connectivity index (χ2v) is 7.93. The molecule has 0 saturated carbocycles. The zero-order valence-electron chi connectivity index (χ0n) is 13.6. The Morgan fingerprint density at radius 2 is 2.09 bits per heavy atom. The van der Waals surface area contributed by atoms with Gasteiger partial charge in [-0.05, 0) is 37.0 Å². The van der Waals surface area contributed by atoms with Gasteiger partial charge < -0.3 is 4.74 Å². The molecule has 2 rings (SSSR count). The Labute approximate surface area is 133 Å². The van der Waals surface area contributed by atoms with Gasteiger partial charge in [0.1, 0.15) is 0 Å². The van der Waals surface area contributed by atoms with E-state index in [1.54, 1.807) is 0 Å². The van der Waals surface area contributed by atoms with Gasteiger partial charge in [0.25, 0.3) is 0 Å². The van der Waals surface area contributed by atoms with Gasteiger partial charge >= 0.3 is 0 Å². The van der Waals surface area contributed by atoms with Crippen molar-refractivity contribution in [2.75, 3.05) is 32.5 Å². The average Bonchev–Trinajstić information content (AvgIpc) is 2.42. The third-order valence-corrected chi connectivity index (χ3v) is 4.76. The summed E-state index contributed by atoms with van der Waals surface area (Å²) in [4.78, 5) is 2.37. The first-order valence-electron chi connectivity index (χ1n) is 7.68. The maximum Gasteiger partial charge on any atom is 0.208 e. The van der Waals surface area contributed by atoms with Crippen molar-refractivity contribution in [3.8, 4) is 0 Å². The highest BCUT2D eigenvalue weighted by molar-refractivity contribution is 7.88. The molecule has 1 atom stereocenters. The topological polar surface area (TPSA) is 58.6 Å². The van der Waals surface area contributed by atoms with Crippen molar-refractivity contribution in [2.45, 2.75) is 32.9 Å². The van der Waals surface area contributed by atoms with E-state index in [4.69, 9.17) is 4.74 Å². The summed E-state index contributed by atoms with van der Waals surface area (Å²) in [6.07, 6.45) is 1.98. The average molecular weight is 326 g/mol. The lowest BCUT2D eigenvalue weighted by Gasteiger charge is -2.33. The van der Waals surface area contributed by atoms with Gasteiger partial charge in [-0.15, -0.1) is 0 Å². The van der Waals surface area contributed by atoms with Crippen LogP contribution in [0, 0.1) is 13.8 Å². The molecule has 0 amide bonds. The molecule has 0 bridgehead atoms. The number of sulfonamides is 1. The van der Waals surface area contributed by atoms with Gasteiger partial charge in [-0.3, -0.25) is 4.90 Å². The lowest BCUT2D eigenvalue weighted by atomic mass is 10.1. The van der Waals surface area contributed by atoms with E-state index in [1.807, 2.05) is 0 Å². The van der Waals surface area contributed by atoms with Crippen LogP contribution < -0.4 is 4.72 Å². The number of hydrogen-bond acceptors (Lipinski definition) is 4. The first-order valence-corrected chi connectivity index (χ1v) is 9.57. The van der Waals surface area contributed by atoms with Crippen LogP contribution in [0.15, 0.2) is 18.2 Å². The van der Waals surface area contributed by atoms with Crippen molar-refractivity contribution in [1.82, 2.24) is 9.62 Å². The van der Waals surface area contributed by atoms with Gasteiger partial charge in [0.15, 0.2) is 0 Å². The lowest BCUT2D eigenvalue weighted by molar-refractivity contribution is -0.0338. The van der Waals surface area contributed by atoms with Crippen LogP contribution in [0.2, 0.25) is 0 Å². The van der Waals surface area contributed by atoms with Gasteiger partial charge in [0, 0.05) is 26.2 Å². The smallest absolute Gasteiger partial charge is 0.208 e. The summed E-state index contributed by atoms with van der Waals surface area (Å²) in [5, 5.41) is 0. The minimum Gasteiger partial charge on any atom is -0.376 e. The fourth-order valence-corrected chi connectivity index (χ4v) is 3.15. The number of aryl methyl sites for hydroxylation is 2. The Hall–Kier alpha value is -0.950. The highest BCUT2D eigenvalue weighted by Gasteiger charge is 2.20. The van der Waals surface area contributed by atoms with Crippen molar-refractivity contribution < 1.29 is 13.2 Å². The van der Waals surface area contributed by atoms with Crippen molar-refractivity contribution in [2.24, 2.45) is 0 Å². The molecule has 22 heavy (non-hydrogen) atoms. The van der Waals surface area contributed by atoms with E-state index in [-0.39, 0.29) is 6.10 Å². The molecular weight excluding hydrogens is 300 g/mol. The first kappa shape index (κ1) is 17.4. The summed E-state index contributed by atoms with van der Waals surface area (Å²) in [7, 11) is -3.12. The van der Waals surface area contributed by atoms with E-state index in [9.17, 15) is 8.42 Å². The fourth-order valence-electron chi connectivity index (χ4n) is 2.66. The summed E-state index contributed by atoms with van der Waals surface area (Å²) < 4.78 is 30.4. The largest absolute Gasteiger partial charge is 0.376 e. The summed E-state index contributed by atoms with van der Waals surface area (Å²) >= 11 is 0. The maximum absolute atomic E-state index is 11.1. The number of nitrogens with zero attached hydrogens (tertiary/aromatic N) is 1. The monoisotopic (exact) mass is 326 g/mol. The van der Waals surface area contributed by atoms with Crippen LogP contribution in [0.25, 0.3) is 0 Å². The minimum atomic E-state index is -3.12. The molecule has 1 heterocycles. The number of benzene rings is 1. The normalized spacial score (nSPS) is 20.2. The van der Waals surface area contributed by atoms with Crippen molar-refractivity contribution in [3.63, 3.8) is 0 Å². The maximum atomic E-state index is 11.1. The Balaban J connectivity index is 1.83. The molecule has 1 N–H and O–H groups in total.